The van der Waals surface area contributed by atoms with Crippen LogP contribution in [0, 0.1) is 0 Å². The van der Waals surface area contributed by atoms with E-state index in [1.165, 1.54) is 0 Å². The topological polar surface area (TPSA) is 94.4 Å². The van der Waals surface area contributed by atoms with E-state index in [2.05, 4.69) is 10.1 Å². The lowest BCUT2D eigenvalue weighted by Gasteiger charge is -2.37. The van der Waals surface area contributed by atoms with Crippen LogP contribution in [0.1, 0.15) is 37.0 Å². The molecule has 1 saturated carbocycles. The summed E-state index contributed by atoms with van der Waals surface area (Å²) in [5, 5.41) is 12.7. The van der Waals surface area contributed by atoms with E-state index in [0.29, 0.717) is 5.82 Å². The van der Waals surface area contributed by atoms with Crippen LogP contribution in [0.15, 0.2) is 4.52 Å². The van der Waals surface area contributed by atoms with Gasteiger partial charge in [0.1, 0.15) is 11.6 Å². The maximum absolute atomic E-state index is 8.84. The number of hydrogen-bond donors (Lipinski definition) is 2. The summed E-state index contributed by atoms with van der Waals surface area (Å²) in [7, 11) is 1.64. The van der Waals surface area contributed by atoms with Gasteiger partial charge in [0.05, 0.1) is 6.61 Å². The second-order valence-corrected chi connectivity index (χ2v) is 3.80. The molecule has 0 saturated heterocycles. The van der Waals surface area contributed by atoms with E-state index in [9.17, 15) is 0 Å². The molecule has 1 aromatic heterocycles. The van der Waals surface area contributed by atoms with E-state index in [1.807, 2.05) is 0 Å². The van der Waals surface area contributed by atoms with Gasteiger partial charge in [0.15, 0.2) is 0 Å². The van der Waals surface area contributed by atoms with Crippen LogP contribution in [-0.4, -0.2) is 29.0 Å². The number of nitrogens with two attached hydrogens (primary N) is 1. The van der Waals surface area contributed by atoms with Gasteiger partial charge < -0.3 is 20.1 Å². The van der Waals surface area contributed by atoms with Crippen LogP contribution in [0.4, 0.5) is 0 Å². The first-order valence-corrected chi connectivity index (χ1v) is 4.97. The maximum Gasteiger partial charge on any atom is 0.246 e. The second kappa shape index (κ2) is 3.88. The van der Waals surface area contributed by atoms with Crippen molar-refractivity contribution in [2.24, 2.45) is 5.73 Å². The highest BCUT2D eigenvalue weighted by Gasteiger charge is 2.43. The average molecular weight is 213 g/mol. The van der Waals surface area contributed by atoms with Crippen molar-refractivity contribution < 1.29 is 14.4 Å². The fourth-order valence-electron chi connectivity index (χ4n) is 1.67. The van der Waals surface area contributed by atoms with Crippen LogP contribution >= 0.6 is 0 Å². The molecule has 1 aromatic rings. The van der Waals surface area contributed by atoms with E-state index in [0.717, 1.165) is 19.3 Å². The van der Waals surface area contributed by atoms with Crippen LogP contribution in [0.3, 0.4) is 0 Å². The molecule has 6 heteroatoms. The molecule has 1 fully saturated rings. The zero-order valence-electron chi connectivity index (χ0n) is 8.64. The lowest BCUT2D eigenvalue weighted by atomic mass is 9.79. The van der Waals surface area contributed by atoms with Gasteiger partial charge in [0, 0.05) is 7.11 Å². The summed E-state index contributed by atoms with van der Waals surface area (Å²) < 4.78 is 10.4. The molecule has 0 aliphatic heterocycles. The Hall–Kier alpha value is -0.980. The largest absolute Gasteiger partial charge is 0.394 e. The number of hydrogen-bond acceptors (Lipinski definition) is 6. The fraction of sp³-hybridized carbons (Fsp3) is 0.778. The summed E-state index contributed by atoms with van der Waals surface area (Å²) in [5.74, 6) is 0.797. The van der Waals surface area contributed by atoms with Gasteiger partial charge in [-0.15, -0.1) is 0 Å². The molecule has 0 amide bonds. The number of aromatic nitrogens is 2. The normalized spacial score (nSPS) is 21.0. The van der Waals surface area contributed by atoms with Gasteiger partial charge in [-0.3, -0.25) is 0 Å². The Morgan fingerprint density at radius 1 is 1.67 bits per heavy atom. The zero-order chi connectivity index (χ0) is 10.9. The summed E-state index contributed by atoms with van der Waals surface area (Å²) in [6.07, 6.45) is 2.90. The van der Waals surface area contributed by atoms with Crippen LogP contribution in [0.2, 0.25) is 0 Å². The van der Waals surface area contributed by atoms with Crippen LogP contribution < -0.4 is 5.73 Å². The number of nitrogens with zero attached hydrogens (tertiary/aromatic N) is 2. The van der Waals surface area contributed by atoms with Crippen molar-refractivity contribution in [2.75, 3.05) is 13.7 Å². The summed E-state index contributed by atoms with van der Waals surface area (Å²) in [6, 6.07) is -0.611. The molecular formula is C9H15N3O3. The van der Waals surface area contributed by atoms with Gasteiger partial charge in [0.2, 0.25) is 11.7 Å². The third-order valence-corrected chi connectivity index (χ3v) is 2.92. The van der Waals surface area contributed by atoms with Crippen molar-refractivity contribution >= 4 is 0 Å². The predicted octanol–water partition coefficient (Wildman–Crippen LogP) is 0.0873. The lowest BCUT2D eigenvalue weighted by Crippen LogP contribution is -2.37. The van der Waals surface area contributed by atoms with E-state index in [1.54, 1.807) is 7.11 Å². The summed E-state index contributed by atoms with van der Waals surface area (Å²) in [6.45, 7) is -0.207. The minimum absolute atomic E-state index is 0.207. The third-order valence-electron chi connectivity index (χ3n) is 2.92. The van der Waals surface area contributed by atoms with Crippen molar-refractivity contribution in [1.82, 2.24) is 10.1 Å². The van der Waals surface area contributed by atoms with Crippen LogP contribution in [0.25, 0.3) is 0 Å². The quantitative estimate of drug-likeness (QED) is 0.736. The standard InChI is InChI=1S/C9H15N3O3/c1-14-9(3-2-4-9)8-11-7(15-12-8)6(10)5-13/h6,13H,2-5,10H2,1H3/t6-/m1/s1. The Labute approximate surface area is 87.4 Å². The predicted molar refractivity (Wildman–Crippen MR) is 50.9 cm³/mol. The van der Waals surface area contributed by atoms with Crippen LogP contribution in [0.5, 0.6) is 0 Å². The molecule has 2 rings (SSSR count). The second-order valence-electron chi connectivity index (χ2n) is 3.80. The Balaban J connectivity index is 2.19. The van der Waals surface area contributed by atoms with Crippen molar-refractivity contribution in [1.29, 1.82) is 0 Å². The smallest absolute Gasteiger partial charge is 0.246 e. The lowest BCUT2D eigenvalue weighted by molar-refractivity contribution is -0.0858. The van der Waals surface area contributed by atoms with E-state index >= 15 is 0 Å². The monoisotopic (exact) mass is 213 g/mol. The number of rotatable bonds is 4. The SMILES string of the molecule is COC1(c2noc([C@H](N)CO)n2)CCC1. The summed E-state index contributed by atoms with van der Waals surface area (Å²) in [4.78, 5) is 4.16. The van der Waals surface area contributed by atoms with Gasteiger partial charge in [0.25, 0.3) is 0 Å². The highest BCUT2D eigenvalue weighted by atomic mass is 16.5. The molecule has 3 N–H and O–H groups in total. The molecule has 0 bridgehead atoms. The highest BCUT2D eigenvalue weighted by Crippen LogP contribution is 2.42. The average Bonchev–Trinajstić information content (AvgIpc) is 2.65. The van der Waals surface area contributed by atoms with Gasteiger partial charge in [-0.1, -0.05) is 5.16 Å². The number of methoxy groups -OCH3 is 1. The highest BCUT2D eigenvalue weighted by molar-refractivity contribution is 5.07. The molecule has 84 valence electrons. The van der Waals surface area contributed by atoms with Gasteiger partial charge in [-0.2, -0.15) is 4.98 Å². The Morgan fingerprint density at radius 2 is 2.40 bits per heavy atom. The number of aliphatic hydroxyl groups is 1. The minimum atomic E-state index is -0.611. The summed E-state index contributed by atoms with van der Waals surface area (Å²) >= 11 is 0. The van der Waals surface area contributed by atoms with Crippen LogP contribution in [-0.2, 0) is 10.3 Å². The molecule has 0 radical (unpaired) electrons. The summed E-state index contributed by atoms with van der Waals surface area (Å²) in [5.41, 5.74) is 5.17. The number of ether oxygens (including phenoxy) is 1. The molecule has 6 nitrogen and oxygen atoms in total. The van der Waals surface area contributed by atoms with Crippen molar-refractivity contribution in [3.8, 4) is 0 Å². The van der Waals surface area contributed by atoms with E-state index < -0.39 is 11.6 Å². The molecule has 1 aliphatic carbocycles. The maximum atomic E-state index is 8.84. The molecule has 0 unspecified atom stereocenters. The molecule has 0 aromatic carbocycles. The van der Waals surface area contributed by atoms with E-state index in [-0.39, 0.29) is 12.5 Å². The third kappa shape index (κ3) is 1.64. The van der Waals surface area contributed by atoms with Crippen molar-refractivity contribution in [3.05, 3.63) is 11.7 Å². The zero-order valence-corrected chi connectivity index (χ0v) is 8.64. The Kier molecular flexibility index (Phi) is 2.72. The van der Waals surface area contributed by atoms with Crippen molar-refractivity contribution in [3.63, 3.8) is 0 Å². The fourth-order valence-corrected chi connectivity index (χ4v) is 1.67. The van der Waals surface area contributed by atoms with Gasteiger partial charge in [-0.05, 0) is 19.3 Å². The van der Waals surface area contributed by atoms with Gasteiger partial charge in [-0.25, -0.2) is 0 Å². The molecule has 1 heterocycles. The molecule has 15 heavy (non-hydrogen) atoms. The number of aliphatic hydroxyl groups excluding tert-OH is 1. The molecule has 0 spiro atoms. The molecule has 1 aliphatic rings. The van der Waals surface area contributed by atoms with Crippen molar-refractivity contribution in [2.45, 2.75) is 30.9 Å². The first-order valence-electron chi connectivity index (χ1n) is 4.97. The Morgan fingerprint density at radius 3 is 2.87 bits per heavy atom. The molecule has 1 atom stereocenters. The van der Waals surface area contributed by atoms with E-state index in [4.69, 9.17) is 20.1 Å². The Bertz CT molecular complexity index is 330. The van der Waals surface area contributed by atoms with Gasteiger partial charge >= 0.3 is 0 Å². The minimum Gasteiger partial charge on any atom is -0.394 e. The first kappa shape index (κ1) is 10.5. The first-order chi connectivity index (χ1) is 7.22. The molecular weight excluding hydrogens is 198 g/mol.